The second-order valence-electron chi connectivity index (χ2n) is 4.93. The van der Waals surface area contributed by atoms with E-state index in [-0.39, 0.29) is 5.91 Å². The lowest BCUT2D eigenvalue weighted by Gasteiger charge is -2.24. The Kier molecular flexibility index (Phi) is 3.07. The van der Waals surface area contributed by atoms with Crippen molar-refractivity contribution < 1.29 is 4.79 Å². The van der Waals surface area contributed by atoms with Crippen molar-refractivity contribution in [1.82, 2.24) is 0 Å². The quantitative estimate of drug-likeness (QED) is 0.813. The normalized spacial score (nSPS) is 24.0. The molecule has 1 atom stereocenters. The van der Waals surface area contributed by atoms with Crippen LogP contribution in [0, 0.1) is 5.41 Å². The van der Waals surface area contributed by atoms with Crippen molar-refractivity contribution in [2.75, 3.05) is 18.0 Å². The van der Waals surface area contributed by atoms with Gasteiger partial charge in [0.2, 0.25) is 5.91 Å². The Morgan fingerprint density at radius 2 is 2.18 bits per heavy atom. The summed E-state index contributed by atoms with van der Waals surface area (Å²) in [6.07, 6.45) is 0.807. The van der Waals surface area contributed by atoms with Crippen LogP contribution >= 0.6 is 0 Å². The number of rotatable bonds is 3. The molecule has 0 aromatic heterocycles. The Morgan fingerprint density at radius 3 is 2.76 bits per heavy atom. The first-order valence-corrected chi connectivity index (χ1v) is 5.90. The van der Waals surface area contributed by atoms with Crippen LogP contribution in [0.15, 0.2) is 24.3 Å². The third-order valence-electron chi connectivity index (χ3n) is 3.62. The maximum absolute atomic E-state index is 11.4. The fourth-order valence-electron chi connectivity index (χ4n) is 2.36. The maximum atomic E-state index is 11.4. The summed E-state index contributed by atoms with van der Waals surface area (Å²) >= 11 is 0. The predicted molar refractivity (Wildman–Crippen MR) is 68.5 cm³/mol. The molecule has 1 aliphatic heterocycles. The highest BCUT2D eigenvalue weighted by atomic mass is 16.1. The van der Waals surface area contributed by atoms with E-state index in [1.165, 1.54) is 0 Å². The largest absolute Gasteiger partial charge is 0.370 e. The highest BCUT2D eigenvalue weighted by Gasteiger charge is 2.39. The molecule has 1 aliphatic rings. The fraction of sp³-hybridized carbons (Fsp3) is 0.462. The summed E-state index contributed by atoms with van der Waals surface area (Å²) in [7, 11) is 0. The molecule has 0 aliphatic carbocycles. The lowest BCUT2D eigenvalue weighted by molar-refractivity contribution is -0.125. The van der Waals surface area contributed by atoms with Crippen LogP contribution in [0.5, 0.6) is 0 Å². The first-order chi connectivity index (χ1) is 8.07. The third kappa shape index (κ3) is 2.13. The lowest BCUT2D eigenvalue weighted by Crippen LogP contribution is -2.37. The Hall–Kier alpha value is -1.55. The highest BCUT2D eigenvalue weighted by molar-refractivity contribution is 5.82. The molecule has 2 rings (SSSR count). The Labute approximate surface area is 102 Å². The molecule has 1 saturated heterocycles. The van der Waals surface area contributed by atoms with Gasteiger partial charge in [-0.1, -0.05) is 18.2 Å². The first kappa shape index (κ1) is 11.9. The summed E-state index contributed by atoms with van der Waals surface area (Å²) < 4.78 is 0. The number of amides is 1. The van der Waals surface area contributed by atoms with Gasteiger partial charge in [0.1, 0.15) is 0 Å². The molecule has 0 bridgehead atoms. The molecule has 4 nitrogen and oxygen atoms in total. The number of primary amides is 1. The zero-order valence-electron chi connectivity index (χ0n) is 10.1. The van der Waals surface area contributed by atoms with Crippen LogP contribution < -0.4 is 16.4 Å². The van der Waals surface area contributed by atoms with E-state index in [0.29, 0.717) is 13.1 Å². The number of anilines is 1. The first-order valence-electron chi connectivity index (χ1n) is 5.90. The molecule has 4 N–H and O–H groups in total. The van der Waals surface area contributed by atoms with Crippen LogP contribution in [0.2, 0.25) is 0 Å². The van der Waals surface area contributed by atoms with Gasteiger partial charge in [-0.25, -0.2) is 0 Å². The second kappa shape index (κ2) is 4.37. The van der Waals surface area contributed by atoms with Crippen LogP contribution in [0.4, 0.5) is 5.69 Å². The monoisotopic (exact) mass is 233 g/mol. The van der Waals surface area contributed by atoms with Crippen LogP contribution in [0.3, 0.4) is 0 Å². The minimum atomic E-state index is -0.415. The summed E-state index contributed by atoms with van der Waals surface area (Å²) in [4.78, 5) is 13.6. The summed E-state index contributed by atoms with van der Waals surface area (Å²) in [6, 6.07) is 8.05. The van der Waals surface area contributed by atoms with Crippen molar-refractivity contribution in [3.63, 3.8) is 0 Å². The van der Waals surface area contributed by atoms with Gasteiger partial charge in [-0.3, -0.25) is 4.79 Å². The summed E-state index contributed by atoms with van der Waals surface area (Å²) in [5.74, 6) is -0.217. The number of carbonyl (C=O) groups excluding carboxylic acids is 1. The van der Waals surface area contributed by atoms with Gasteiger partial charge in [-0.2, -0.15) is 0 Å². The number of para-hydroxylation sites is 1. The second-order valence-corrected chi connectivity index (χ2v) is 4.93. The minimum absolute atomic E-state index is 0.217. The molecule has 4 heteroatoms. The van der Waals surface area contributed by atoms with E-state index in [0.717, 1.165) is 24.2 Å². The van der Waals surface area contributed by atoms with Crippen LogP contribution in [0.1, 0.15) is 18.9 Å². The lowest BCUT2D eigenvalue weighted by atomic mass is 9.89. The van der Waals surface area contributed by atoms with Gasteiger partial charge in [-0.05, 0) is 25.0 Å². The zero-order valence-corrected chi connectivity index (χ0v) is 10.1. The molecular weight excluding hydrogens is 214 g/mol. The van der Waals surface area contributed by atoms with Crippen LogP contribution in [0.25, 0.3) is 0 Å². The van der Waals surface area contributed by atoms with Gasteiger partial charge in [-0.15, -0.1) is 0 Å². The average molecular weight is 233 g/mol. The number of hydrogen-bond acceptors (Lipinski definition) is 3. The van der Waals surface area contributed by atoms with Crippen molar-refractivity contribution in [3.05, 3.63) is 29.8 Å². The van der Waals surface area contributed by atoms with Crippen molar-refractivity contribution in [3.8, 4) is 0 Å². The molecule has 1 aromatic rings. The van der Waals surface area contributed by atoms with Gasteiger partial charge in [0, 0.05) is 25.3 Å². The molecule has 92 valence electrons. The van der Waals surface area contributed by atoms with Crippen molar-refractivity contribution in [1.29, 1.82) is 0 Å². The molecule has 0 radical (unpaired) electrons. The van der Waals surface area contributed by atoms with E-state index in [9.17, 15) is 4.79 Å². The molecular formula is C13H19N3O. The van der Waals surface area contributed by atoms with Gasteiger partial charge in [0.15, 0.2) is 0 Å². The van der Waals surface area contributed by atoms with Crippen molar-refractivity contribution in [2.45, 2.75) is 19.9 Å². The molecule has 17 heavy (non-hydrogen) atoms. The van der Waals surface area contributed by atoms with Crippen molar-refractivity contribution >= 4 is 11.6 Å². The third-order valence-corrected chi connectivity index (χ3v) is 3.62. The van der Waals surface area contributed by atoms with E-state index in [1.54, 1.807) is 0 Å². The summed E-state index contributed by atoms with van der Waals surface area (Å²) in [5, 5.41) is 0. The number of hydrogen-bond donors (Lipinski definition) is 2. The zero-order chi connectivity index (χ0) is 12.5. The highest BCUT2D eigenvalue weighted by Crippen LogP contribution is 2.34. The molecule has 1 fully saturated rings. The summed E-state index contributed by atoms with van der Waals surface area (Å²) in [6.45, 7) is 3.98. The Balaban J connectivity index is 2.23. The standard InChI is InChI=1S/C13H19N3O/c1-13(12(15)17)6-7-16(9-13)11-5-3-2-4-10(11)8-14/h2-5H,6-9,14H2,1H3,(H2,15,17). The fourth-order valence-corrected chi connectivity index (χ4v) is 2.36. The van der Waals surface area contributed by atoms with Crippen LogP contribution in [-0.2, 0) is 11.3 Å². The smallest absolute Gasteiger partial charge is 0.225 e. The van der Waals surface area contributed by atoms with E-state index < -0.39 is 5.41 Å². The average Bonchev–Trinajstić information content (AvgIpc) is 2.73. The number of benzene rings is 1. The topological polar surface area (TPSA) is 72.4 Å². The van der Waals surface area contributed by atoms with Crippen molar-refractivity contribution in [2.24, 2.45) is 16.9 Å². The number of nitrogens with zero attached hydrogens (tertiary/aromatic N) is 1. The van der Waals surface area contributed by atoms with E-state index in [2.05, 4.69) is 11.0 Å². The van der Waals surface area contributed by atoms with Crippen LogP contribution in [-0.4, -0.2) is 19.0 Å². The number of nitrogens with two attached hydrogens (primary N) is 2. The SMILES string of the molecule is CC1(C(N)=O)CCN(c2ccccc2CN)C1. The molecule has 1 unspecified atom stereocenters. The van der Waals surface area contributed by atoms with Gasteiger partial charge in [0.05, 0.1) is 5.41 Å². The molecule has 1 aromatic carbocycles. The molecule has 1 amide bonds. The van der Waals surface area contributed by atoms with E-state index in [4.69, 9.17) is 11.5 Å². The predicted octanol–water partition coefficient (Wildman–Crippen LogP) is 0.847. The van der Waals surface area contributed by atoms with Gasteiger partial charge < -0.3 is 16.4 Å². The molecule has 0 spiro atoms. The van der Waals surface area contributed by atoms with E-state index in [1.807, 2.05) is 25.1 Å². The Morgan fingerprint density at radius 1 is 1.47 bits per heavy atom. The summed E-state index contributed by atoms with van der Waals surface area (Å²) in [5.41, 5.74) is 13.0. The van der Waals surface area contributed by atoms with Gasteiger partial charge in [0.25, 0.3) is 0 Å². The molecule has 0 saturated carbocycles. The van der Waals surface area contributed by atoms with E-state index >= 15 is 0 Å². The minimum Gasteiger partial charge on any atom is -0.370 e. The number of carbonyl (C=O) groups is 1. The maximum Gasteiger partial charge on any atom is 0.225 e. The van der Waals surface area contributed by atoms with Gasteiger partial charge >= 0.3 is 0 Å². The molecule has 1 heterocycles. The Bertz CT molecular complexity index is 432.